The lowest BCUT2D eigenvalue weighted by atomic mass is 9.79. The van der Waals surface area contributed by atoms with Crippen molar-refractivity contribution in [1.29, 1.82) is 0 Å². The Bertz CT molecular complexity index is 1960. The molecule has 2 saturated heterocycles. The molecule has 13 nitrogen and oxygen atoms in total. The maximum Gasteiger partial charge on any atom is 0.280 e. The van der Waals surface area contributed by atoms with Gasteiger partial charge in [-0.05, 0) is 41.0 Å². The Hall–Kier alpha value is -5.08. The first kappa shape index (κ1) is 32.5. The number of methoxy groups -OCH3 is 2. The second-order valence-corrected chi connectivity index (χ2v) is 12.5. The standard InChI is InChI=1S/C36H37N5O8/c1-21(2)31(43)39-34-38-30-27(32(44)40-34)37-20-41(30)33-28(42)29-35(49-33,18-47-29)19-48-36(22-8-6-5-7-9-22,23-10-14-25(45-3)15-11-23)24-12-16-26(46-4)17-13-24/h5-17,20-21,28-29,33,42H,18-19H2,1-4H3,(H2,38,39,40,43,44)/t28-,29+,33-,35-/m1/s1. The molecule has 0 bridgehead atoms. The zero-order valence-electron chi connectivity index (χ0n) is 27.5. The van der Waals surface area contributed by atoms with Gasteiger partial charge in [0.15, 0.2) is 17.4 Å². The molecule has 49 heavy (non-hydrogen) atoms. The number of hydrogen-bond acceptors (Lipinski definition) is 10. The van der Waals surface area contributed by atoms with Gasteiger partial charge in [0.2, 0.25) is 11.9 Å². The fraction of sp³-hybridized carbons (Fsp3) is 0.333. The summed E-state index contributed by atoms with van der Waals surface area (Å²) >= 11 is 0. The Morgan fingerprint density at radius 1 is 1.02 bits per heavy atom. The van der Waals surface area contributed by atoms with Crippen molar-refractivity contribution in [2.75, 3.05) is 32.8 Å². The van der Waals surface area contributed by atoms with Crippen molar-refractivity contribution in [2.24, 2.45) is 5.92 Å². The van der Waals surface area contributed by atoms with Crippen molar-refractivity contribution in [3.05, 3.63) is 112 Å². The summed E-state index contributed by atoms with van der Waals surface area (Å²) in [6.07, 6.45) is -1.54. The van der Waals surface area contributed by atoms with E-state index >= 15 is 0 Å². The topological polar surface area (TPSA) is 159 Å². The minimum absolute atomic E-state index is 0.0223. The second-order valence-electron chi connectivity index (χ2n) is 12.5. The Morgan fingerprint density at radius 2 is 1.63 bits per heavy atom. The van der Waals surface area contributed by atoms with Crippen molar-refractivity contribution < 1.29 is 33.6 Å². The smallest absolute Gasteiger partial charge is 0.280 e. The Morgan fingerprint density at radius 3 is 2.18 bits per heavy atom. The van der Waals surface area contributed by atoms with Crippen LogP contribution in [0.2, 0.25) is 0 Å². The first-order chi connectivity index (χ1) is 23.7. The summed E-state index contributed by atoms with van der Waals surface area (Å²) in [5.74, 6) is 0.711. The average molecular weight is 668 g/mol. The lowest BCUT2D eigenvalue weighted by Gasteiger charge is -2.46. The molecule has 0 radical (unpaired) electrons. The number of aromatic nitrogens is 4. The van der Waals surface area contributed by atoms with E-state index < -0.39 is 35.2 Å². The Labute approximate surface area is 281 Å². The summed E-state index contributed by atoms with van der Waals surface area (Å²) in [4.78, 5) is 36.5. The molecular formula is C36H37N5O8. The highest BCUT2D eigenvalue weighted by Gasteiger charge is 2.64. The normalized spacial score (nSPS) is 21.7. The summed E-state index contributed by atoms with van der Waals surface area (Å²) in [5, 5.41) is 14.2. The van der Waals surface area contributed by atoms with Crippen LogP contribution in [-0.2, 0) is 24.6 Å². The van der Waals surface area contributed by atoms with E-state index in [0.717, 1.165) is 16.7 Å². The summed E-state index contributed by atoms with van der Waals surface area (Å²) in [6, 6.07) is 25.3. The van der Waals surface area contributed by atoms with Gasteiger partial charge in [-0.3, -0.25) is 24.5 Å². The number of rotatable bonds is 11. The molecule has 0 spiro atoms. The van der Waals surface area contributed by atoms with Crippen LogP contribution in [0.3, 0.4) is 0 Å². The number of carbonyl (C=O) groups is 1. The largest absolute Gasteiger partial charge is 0.497 e. The number of aromatic amines is 1. The molecule has 0 saturated carbocycles. The molecule has 4 atom stereocenters. The lowest BCUT2D eigenvalue weighted by Crippen LogP contribution is -2.62. The van der Waals surface area contributed by atoms with Gasteiger partial charge in [0.25, 0.3) is 5.56 Å². The zero-order valence-corrected chi connectivity index (χ0v) is 27.5. The second kappa shape index (κ2) is 12.7. The van der Waals surface area contributed by atoms with Crippen LogP contribution >= 0.6 is 0 Å². The third kappa shape index (κ3) is 5.54. The van der Waals surface area contributed by atoms with Crippen LogP contribution in [0.25, 0.3) is 11.2 Å². The molecule has 4 heterocycles. The van der Waals surface area contributed by atoms with E-state index in [1.807, 2.05) is 78.9 Å². The van der Waals surface area contributed by atoms with E-state index in [0.29, 0.717) is 11.5 Å². The number of aliphatic hydroxyl groups is 1. The third-order valence-corrected chi connectivity index (χ3v) is 9.16. The molecule has 2 aliphatic heterocycles. The van der Waals surface area contributed by atoms with Crippen LogP contribution in [0, 0.1) is 5.92 Å². The molecule has 2 aromatic heterocycles. The van der Waals surface area contributed by atoms with Gasteiger partial charge in [-0.1, -0.05) is 68.4 Å². The number of H-pyrrole nitrogens is 1. The van der Waals surface area contributed by atoms with Gasteiger partial charge in [0.05, 0.1) is 33.8 Å². The summed E-state index contributed by atoms with van der Waals surface area (Å²) in [7, 11) is 3.23. The van der Waals surface area contributed by atoms with Crippen LogP contribution in [0.15, 0.2) is 90.0 Å². The fourth-order valence-electron chi connectivity index (χ4n) is 6.45. The molecular weight excluding hydrogens is 630 g/mol. The number of benzene rings is 3. The quantitative estimate of drug-likeness (QED) is 0.177. The minimum atomic E-state index is -1.15. The molecule has 3 aromatic carbocycles. The summed E-state index contributed by atoms with van der Waals surface area (Å²) in [6.45, 7) is 3.63. The van der Waals surface area contributed by atoms with E-state index in [2.05, 4.69) is 20.3 Å². The molecule has 2 fully saturated rings. The monoisotopic (exact) mass is 667 g/mol. The lowest BCUT2D eigenvalue weighted by molar-refractivity contribution is -0.261. The van der Waals surface area contributed by atoms with E-state index in [-0.39, 0.29) is 42.2 Å². The van der Waals surface area contributed by atoms with Crippen molar-refractivity contribution in [3.8, 4) is 11.5 Å². The first-order valence-electron chi connectivity index (χ1n) is 15.9. The highest BCUT2D eigenvalue weighted by molar-refractivity contribution is 5.91. The van der Waals surface area contributed by atoms with Gasteiger partial charge in [0.1, 0.15) is 34.9 Å². The van der Waals surface area contributed by atoms with Gasteiger partial charge >= 0.3 is 0 Å². The first-order valence-corrected chi connectivity index (χ1v) is 15.9. The highest BCUT2D eigenvalue weighted by Crippen LogP contribution is 2.49. The predicted octanol–water partition coefficient (Wildman–Crippen LogP) is 3.77. The maximum atomic E-state index is 12.9. The summed E-state index contributed by atoms with van der Waals surface area (Å²) < 4.78 is 32.1. The number of amides is 1. The van der Waals surface area contributed by atoms with Crippen LogP contribution in [0.4, 0.5) is 5.95 Å². The number of fused-ring (bicyclic) bond motifs is 2. The van der Waals surface area contributed by atoms with Gasteiger partial charge in [-0.2, -0.15) is 4.98 Å². The number of imidazole rings is 1. The fourth-order valence-corrected chi connectivity index (χ4v) is 6.45. The van der Waals surface area contributed by atoms with Gasteiger partial charge in [-0.25, -0.2) is 4.98 Å². The van der Waals surface area contributed by atoms with Crippen molar-refractivity contribution in [2.45, 2.75) is 43.5 Å². The molecule has 2 aliphatic rings. The average Bonchev–Trinajstić information content (AvgIpc) is 3.61. The number of hydrogen-bond donors (Lipinski definition) is 3. The summed E-state index contributed by atoms with van der Waals surface area (Å²) in [5.41, 5.74) is -0.00423. The van der Waals surface area contributed by atoms with Gasteiger partial charge < -0.3 is 28.8 Å². The molecule has 7 rings (SSSR count). The van der Waals surface area contributed by atoms with E-state index in [1.165, 1.54) is 10.9 Å². The van der Waals surface area contributed by atoms with Gasteiger partial charge in [0, 0.05) is 5.92 Å². The SMILES string of the molecule is COc1ccc(C(OC[C@]23CO[C@H]2[C@@H](O)[C@H](n2cnc4c(=O)[nH]c(NC(=O)C(C)C)nc42)O3)(c2ccccc2)c2ccc(OC)cc2)cc1. The molecule has 0 unspecified atom stereocenters. The van der Waals surface area contributed by atoms with Gasteiger partial charge in [-0.15, -0.1) is 0 Å². The molecule has 0 aliphatic carbocycles. The van der Waals surface area contributed by atoms with E-state index in [1.54, 1.807) is 28.1 Å². The Balaban J connectivity index is 1.27. The molecule has 1 amide bonds. The van der Waals surface area contributed by atoms with E-state index in [9.17, 15) is 14.7 Å². The number of ether oxygens (including phenoxy) is 5. The van der Waals surface area contributed by atoms with Crippen LogP contribution in [0.1, 0.15) is 36.8 Å². The van der Waals surface area contributed by atoms with Crippen LogP contribution in [-0.4, -0.2) is 75.8 Å². The predicted molar refractivity (Wildman–Crippen MR) is 178 cm³/mol. The van der Waals surface area contributed by atoms with Crippen molar-refractivity contribution >= 4 is 23.0 Å². The highest BCUT2D eigenvalue weighted by atomic mass is 16.7. The maximum absolute atomic E-state index is 12.9. The van der Waals surface area contributed by atoms with Crippen LogP contribution < -0.4 is 20.3 Å². The number of aliphatic hydroxyl groups excluding tert-OH is 1. The zero-order chi connectivity index (χ0) is 34.3. The van der Waals surface area contributed by atoms with Crippen LogP contribution in [0.5, 0.6) is 11.5 Å². The van der Waals surface area contributed by atoms with E-state index in [4.69, 9.17) is 23.7 Å². The Kier molecular flexibility index (Phi) is 8.45. The number of nitrogens with zero attached hydrogens (tertiary/aromatic N) is 3. The number of anilines is 1. The molecule has 3 N–H and O–H groups in total. The van der Waals surface area contributed by atoms with Crippen molar-refractivity contribution in [1.82, 2.24) is 19.5 Å². The molecule has 5 aromatic rings. The number of carbonyl (C=O) groups excluding carboxylic acids is 1. The number of nitrogens with one attached hydrogen (secondary N) is 2. The molecule has 254 valence electrons. The minimum Gasteiger partial charge on any atom is -0.497 e. The third-order valence-electron chi connectivity index (χ3n) is 9.16. The molecule has 13 heteroatoms. The van der Waals surface area contributed by atoms with Crippen molar-refractivity contribution in [3.63, 3.8) is 0 Å².